The number of allylic oxidation sites excluding steroid dienone is 1. The second-order valence-electron chi connectivity index (χ2n) is 4.52. The molecule has 0 radical (unpaired) electrons. The largest absolute Gasteiger partial charge is 0.467 e. The third kappa shape index (κ3) is 3.85. The van der Waals surface area contributed by atoms with Gasteiger partial charge in [0.15, 0.2) is 0 Å². The highest BCUT2D eigenvalue weighted by atomic mass is 16.5. The molecular weight excluding hydrogens is 258 g/mol. The van der Waals surface area contributed by atoms with Gasteiger partial charge in [0.1, 0.15) is 12.6 Å². The Bertz CT molecular complexity index is 510. The van der Waals surface area contributed by atoms with Gasteiger partial charge in [-0.25, -0.2) is 9.59 Å². The Labute approximate surface area is 117 Å². The van der Waals surface area contributed by atoms with Crippen molar-refractivity contribution in [1.82, 2.24) is 5.32 Å². The molecule has 0 amide bonds. The van der Waals surface area contributed by atoms with Crippen LogP contribution in [0, 0.1) is 0 Å². The van der Waals surface area contributed by atoms with Gasteiger partial charge in [-0.3, -0.25) is 0 Å². The lowest BCUT2D eigenvalue weighted by molar-refractivity contribution is -0.142. The summed E-state index contributed by atoms with van der Waals surface area (Å²) in [4.78, 5) is 23.0. The minimum absolute atomic E-state index is 0.240. The number of esters is 2. The summed E-state index contributed by atoms with van der Waals surface area (Å²) in [6.45, 7) is 0.240. The Kier molecular flexibility index (Phi) is 4.76. The van der Waals surface area contributed by atoms with E-state index in [1.54, 1.807) is 0 Å². The van der Waals surface area contributed by atoms with Crippen LogP contribution in [0.5, 0.6) is 0 Å². The van der Waals surface area contributed by atoms with Crippen LogP contribution in [-0.4, -0.2) is 25.1 Å². The lowest BCUT2D eigenvalue weighted by Crippen LogP contribution is -2.31. The normalized spacial score (nSPS) is 19.4. The number of nitrogens with one attached hydrogen (secondary N) is 1. The maximum absolute atomic E-state index is 11.7. The van der Waals surface area contributed by atoms with Crippen LogP contribution in [0.3, 0.4) is 0 Å². The van der Waals surface area contributed by atoms with Crippen molar-refractivity contribution in [2.45, 2.75) is 25.5 Å². The highest BCUT2D eigenvalue weighted by Crippen LogP contribution is 2.16. The molecule has 0 saturated carbocycles. The first-order valence-corrected chi connectivity index (χ1v) is 6.44. The third-order valence-electron chi connectivity index (χ3n) is 3.06. The van der Waals surface area contributed by atoms with Gasteiger partial charge in [-0.05, 0) is 18.4 Å². The van der Waals surface area contributed by atoms with Gasteiger partial charge in [-0.15, -0.1) is 0 Å². The van der Waals surface area contributed by atoms with Crippen LogP contribution in [0.15, 0.2) is 42.1 Å². The second-order valence-corrected chi connectivity index (χ2v) is 4.52. The van der Waals surface area contributed by atoms with Gasteiger partial charge in [0.05, 0.1) is 7.11 Å². The molecule has 0 bridgehead atoms. The minimum atomic E-state index is -0.415. The van der Waals surface area contributed by atoms with Crippen LogP contribution in [0.1, 0.15) is 18.4 Å². The highest BCUT2D eigenvalue weighted by molar-refractivity contribution is 5.83. The lowest BCUT2D eigenvalue weighted by atomic mass is 10.2. The summed E-state index contributed by atoms with van der Waals surface area (Å²) in [6.07, 6.45) is 2.66. The number of carbonyl (C=O) groups is 2. The Morgan fingerprint density at radius 3 is 2.80 bits per heavy atom. The molecule has 20 heavy (non-hydrogen) atoms. The molecule has 1 atom stereocenters. The smallest absolute Gasteiger partial charge is 0.332 e. The van der Waals surface area contributed by atoms with E-state index in [2.05, 4.69) is 10.1 Å². The number of rotatable bonds is 4. The van der Waals surface area contributed by atoms with Crippen LogP contribution in [0.25, 0.3) is 0 Å². The summed E-state index contributed by atoms with van der Waals surface area (Å²) in [7, 11) is 1.35. The van der Waals surface area contributed by atoms with Gasteiger partial charge in [-0.2, -0.15) is 0 Å². The molecule has 0 spiro atoms. The maximum Gasteiger partial charge on any atom is 0.332 e. The fourth-order valence-electron chi connectivity index (χ4n) is 2.01. The molecule has 106 valence electrons. The predicted octanol–water partition coefficient (Wildman–Crippen LogP) is 1.54. The molecule has 1 aliphatic heterocycles. The first-order chi connectivity index (χ1) is 9.69. The van der Waals surface area contributed by atoms with Gasteiger partial charge in [0.2, 0.25) is 0 Å². The van der Waals surface area contributed by atoms with Crippen molar-refractivity contribution >= 4 is 11.9 Å². The Morgan fingerprint density at radius 1 is 1.35 bits per heavy atom. The third-order valence-corrected chi connectivity index (χ3v) is 3.06. The summed E-state index contributed by atoms with van der Waals surface area (Å²) in [5.74, 6) is -0.729. The number of ether oxygens (including phenoxy) is 2. The predicted molar refractivity (Wildman–Crippen MR) is 72.5 cm³/mol. The zero-order valence-electron chi connectivity index (χ0n) is 11.3. The van der Waals surface area contributed by atoms with Crippen molar-refractivity contribution in [3.63, 3.8) is 0 Å². The summed E-state index contributed by atoms with van der Waals surface area (Å²) >= 11 is 0. The summed E-state index contributed by atoms with van der Waals surface area (Å²) in [6, 6.07) is 9.10. The molecule has 1 heterocycles. The van der Waals surface area contributed by atoms with E-state index in [1.807, 2.05) is 30.3 Å². The molecule has 1 saturated heterocycles. The molecule has 5 heteroatoms. The van der Waals surface area contributed by atoms with Crippen LogP contribution in [0.2, 0.25) is 0 Å². The van der Waals surface area contributed by atoms with Gasteiger partial charge >= 0.3 is 11.9 Å². The van der Waals surface area contributed by atoms with Gasteiger partial charge in [-0.1, -0.05) is 30.3 Å². The van der Waals surface area contributed by atoms with Crippen molar-refractivity contribution in [1.29, 1.82) is 0 Å². The van der Waals surface area contributed by atoms with E-state index in [1.165, 1.54) is 13.2 Å². The van der Waals surface area contributed by atoms with Crippen molar-refractivity contribution < 1.29 is 19.1 Å². The van der Waals surface area contributed by atoms with E-state index in [4.69, 9.17) is 4.74 Å². The molecule has 0 unspecified atom stereocenters. The van der Waals surface area contributed by atoms with E-state index in [0.29, 0.717) is 18.5 Å². The van der Waals surface area contributed by atoms with E-state index in [-0.39, 0.29) is 18.6 Å². The number of hydrogen-bond acceptors (Lipinski definition) is 5. The fourth-order valence-corrected chi connectivity index (χ4v) is 2.01. The van der Waals surface area contributed by atoms with E-state index >= 15 is 0 Å². The molecule has 5 nitrogen and oxygen atoms in total. The van der Waals surface area contributed by atoms with Crippen LogP contribution < -0.4 is 5.32 Å². The van der Waals surface area contributed by atoms with Gasteiger partial charge in [0.25, 0.3) is 0 Å². The fraction of sp³-hybridized carbons (Fsp3) is 0.333. The minimum Gasteiger partial charge on any atom is -0.467 e. The average Bonchev–Trinajstić information content (AvgIpc) is 2.94. The molecule has 0 aromatic heterocycles. The number of methoxy groups -OCH3 is 1. The second kappa shape index (κ2) is 6.75. The molecular formula is C15H17NO4. The van der Waals surface area contributed by atoms with Gasteiger partial charge in [0, 0.05) is 11.8 Å². The zero-order chi connectivity index (χ0) is 14.4. The Hall–Kier alpha value is -2.30. The van der Waals surface area contributed by atoms with Crippen molar-refractivity contribution in [2.24, 2.45) is 0 Å². The van der Waals surface area contributed by atoms with Gasteiger partial charge < -0.3 is 14.8 Å². The van der Waals surface area contributed by atoms with E-state index in [9.17, 15) is 9.59 Å². The highest BCUT2D eigenvalue weighted by Gasteiger charge is 2.26. The molecule has 0 aliphatic carbocycles. The first kappa shape index (κ1) is 14.1. The SMILES string of the molecule is COC(=O)[C@@H]1CC/C(=C/C(=O)OCc2ccccc2)N1. The monoisotopic (exact) mass is 275 g/mol. The topological polar surface area (TPSA) is 64.6 Å². The zero-order valence-corrected chi connectivity index (χ0v) is 11.3. The van der Waals surface area contributed by atoms with Crippen molar-refractivity contribution in [3.8, 4) is 0 Å². The maximum atomic E-state index is 11.7. The summed E-state index contributed by atoms with van der Waals surface area (Å²) < 4.78 is 9.79. The molecule has 1 N–H and O–H groups in total. The quantitative estimate of drug-likeness (QED) is 0.667. The first-order valence-electron chi connectivity index (χ1n) is 6.44. The number of benzene rings is 1. The Morgan fingerprint density at radius 2 is 2.10 bits per heavy atom. The molecule has 1 aliphatic rings. The molecule has 1 aromatic carbocycles. The van der Waals surface area contributed by atoms with E-state index < -0.39 is 5.97 Å². The number of carbonyl (C=O) groups excluding carboxylic acids is 2. The summed E-state index contributed by atoms with van der Waals surface area (Å²) in [5, 5.41) is 2.96. The summed E-state index contributed by atoms with van der Waals surface area (Å²) in [5.41, 5.74) is 1.64. The van der Waals surface area contributed by atoms with Crippen LogP contribution >= 0.6 is 0 Å². The van der Waals surface area contributed by atoms with Crippen LogP contribution in [-0.2, 0) is 25.7 Å². The van der Waals surface area contributed by atoms with Crippen molar-refractivity contribution in [3.05, 3.63) is 47.7 Å². The number of hydrogen-bond donors (Lipinski definition) is 1. The standard InChI is InChI=1S/C15H17NO4/c1-19-15(18)13-8-7-12(16-13)9-14(17)20-10-11-5-3-2-4-6-11/h2-6,9,13,16H,7-8,10H2,1H3/b12-9-/t13-/m0/s1. The lowest BCUT2D eigenvalue weighted by Gasteiger charge is -2.08. The average molecular weight is 275 g/mol. The van der Waals surface area contributed by atoms with Crippen LogP contribution in [0.4, 0.5) is 0 Å². The molecule has 1 fully saturated rings. The molecule has 2 rings (SSSR count). The van der Waals surface area contributed by atoms with Crippen molar-refractivity contribution in [2.75, 3.05) is 7.11 Å². The van der Waals surface area contributed by atoms with E-state index in [0.717, 1.165) is 5.56 Å². The molecule has 1 aromatic rings. The Balaban J connectivity index is 1.82.